The summed E-state index contributed by atoms with van der Waals surface area (Å²) in [5.74, 6) is 2.54. The first-order chi connectivity index (χ1) is 5.72. The summed E-state index contributed by atoms with van der Waals surface area (Å²) < 4.78 is 0. The maximum Gasteiger partial charge on any atom is 0.223 e. The van der Waals surface area contributed by atoms with Gasteiger partial charge in [0.05, 0.1) is 0 Å². The van der Waals surface area contributed by atoms with Gasteiger partial charge in [-0.2, -0.15) is 0 Å². The Kier molecular flexibility index (Phi) is 6.12. The van der Waals surface area contributed by atoms with Gasteiger partial charge < -0.3 is 10.6 Å². The second-order valence-corrected chi connectivity index (χ2v) is 2.66. The number of terminal acetylenes is 1. The van der Waals surface area contributed by atoms with Crippen LogP contribution in [0.1, 0.15) is 19.3 Å². The van der Waals surface area contributed by atoms with Gasteiger partial charge in [0.2, 0.25) is 5.91 Å². The van der Waals surface area contributed by atoms with Gasteiger partial charge in [0.25, 0.3) is 0 Å². The number of nitrogens with two attached hydrogens (primary N) is 1. The lowest BCUT2D eigenvalue weighted by Crippen LogP contribution is -2.28. The Morgan fingerprint density at radius 2 is 2.33 bits per heavy atom. The molecule has 12 heavy (non-hydrogen) atoms. The number of amides is 1. The maximum absolute atomic E-state index is 11.2. The summed E-state index contributed by atoms with van der Waals surface area (Å²) in [6, 6.07) is 0. The van der Waals surface area contributed by atoms with E-state index in [0.717, 1.165) is 13.0 Å². The molecular formula is C9H16N2O. The van der Waals surface area contributed by atoms with E-state index >= 15 is 0 Å². The van der Waals surface area contributed by atoms with Gasteiger partial charge in [0.15, 0.2) is 0 Å². The largest absolute Gasteiger partial charge is 0.346 e. The van der Waals surface area contributed by atoms with E-state index in [1.807, 2.05) is 0 Å². The molecule has 68 valence electrons. The van der Waals surface area contributed by atoms with E-state index in [4.69, 9.17) is 12.2 Å². The van der Waals surface area contributed by atoms with Crippen molar-refractivity contribution in [2.24, 2.45) is 5.73 Å². The first kappa shape index (κ1) is 11.0. The van der Waals surface area contributed by atoms with E-state index in [0.29, 0.717) is 19.4 Å². The molecular weight excluding hydrogens is 152 g/mol. The zero-order valence-corrected chi connectivity index (χ0v) is 7.55. The molecule has 0 aromatic rings. The third-order valence-corrected chi connectivity index (χ3v) is 1.61. The van der Waals surface area contributed by atoms with Crippen molar-refractivity contribution in [3.63, 3.8) is 0 Å². The minimum Gasteiger partial charge on any atom is -0.346 e. The number of nitrogens with zero attached hydrogens (tertiary/aromatic N) is 1. The molecule has 3 nitrogen and oxygen atoms in total. The zero-order chi connectivity index (χ0) is 9.40. The number of hydrogen-bond donors (Lipinski definition) is 1. The molecule has 0 radical (unpaired) electrons. The van der Waals surface area contributed by atoms with Crippen LogP contribution in [0.25, 0.3) is 0 Å². The molecule has 0 atom stereocenters. The van der Waals surface area contributed by atoms with Crippen LogP contribution < -0.4 is 5.73 Å². The van der Waals surface area contributed by atoms with Gasteiger partial charge in [-0.3, -0.25) is 4.79 Å². The first-order valence-electron chi connectivity index (χ1n) is 4.10. The van der Waals surface area contributed by atoms with E-state index in [9.17, 15) is 4.79 Å². The Morgan fingerprint density at radius 3 is 2.83 bits per heavy atom. The molecule has 0 spiro atoms. The molecule has 0 aromatic carbocycles. The van der Waals surface area contributed by atoms with Gasteiger partial charge in [0.1, 0.15) is 0 Å². The third kappa shape index (κ3) is 4.75. The first-order valence-corrected chi connectivity index (χ1v) is 4.10. The molecule has 0 aliphatic rings. The molecule has 3 heteroatoms. The zero-order valence-electron chi connectivity index (χ0n) is 7.55. The van der Waals surface area contributed by atoms with Crippen LogP contribution in [-0.4, -0.2) is 30.9 Å². The smallest absolute Gasteiger partial charge is 0.223 e. The van der Waals surface area contributed by atoms with Crippen molar-refractivity contribution in [3.8, 4) is 12.3 Å². The van der Waals surface area contributed by atoms with E-state index in [1.165, 1.54) is 0 Å². The molecule has 0 aliphatic carbocycles. The van der Waals surface area contributed by atoms with Gasteiger partial charge >= 0.3 is 0 Å². The lowest BCUT2D eigenvalue weighted by Gasteiger charge is -2.15. The van der Waals surface area contributed by atoms with Crippen molar-refractivity contribution < 1.29 is 4.79 Å². The topological polar surface area (TPSA) is 46.3 Å². The minimum absolute atomic E-state index is 0.0985. The highest BCUT2D eigenvalue weighted by molar-refractivity contribution is 5.76. The van der Waals surface area contributed by atoms with Gasteiger partial charge in [0, 0.05) is 26.4 Å². The molecule has 0 bridgehead atoms. The Bertz CT molecular complexity index is 172. The average Bonchev–Trinajstić information content (AvgIpc) is 2.10. The predicted octanol–water partition coefficient (Wildman–Crippen LogP) is 0.207. The Morgan fingerprint density at radius 1 is 1.67 bits per heavy atom. The van der Waals surface area contributed by atoms with Gasteiger partial charge in [-0.05, 0) is 13.0 Å². The lowest BCUT2D eigenvalue weighted by molar-refractivity contribution is -0.129. The summed E-state index contributed by atoms with van der Waals surface area (Å²) >= 11 is 0. The summed E-state index contributed by atoms with van der Waals surface area (Å²) in [7, 11) is 1.77. The van der Waals surface area contributed by atoms with E-state index < -0.39 is 0 Å². The van der Waals surface area contributed by atoms with Gasteiger partial charge in [-0.15, -0.1) is 12.3 Å². The number of carbonyl (C=O) groups excluding carboxylic acids is 1. The number of hydrogen-bond acceptors (Lipinski definition) is 2. The summed E-state index contributed by atoms with van der Waals surface area (Å²) in [5, 5.41) is 0. The second-order valence-electron chi connectivity index (χ2n) is 2.66. The summed E-state index contributed by atoms with van der Waals surface area (Å²) in [5.41, 5.74) is 5.31. The molecule has 1 amide bonds. The highest BCUT2D eigenvalue weighted by Gasteiger charge is 2.05. The molecule has 0 heterocycles. The monoisotopic (exact) mass is 168 g/mol. The molecule has 2 N–H and O–H groups in total. The van der Waals surface area contributed by atoms with Crippen LogP contribution in [0.4, 0.5) is 0 Å². The average molecular weight is 168 g/mol. The normalized spacial score (nSPS) is 9.08. The highest BCUT2D eigenvalue weighted by Crippen LogP contribution is 1.95. The molecule has 0 fully saturated rings. The molecule has 0 unspecified atom stereocenters. The SMILES string of the molecule is C#CCCC(=O)N(C)CCCN. The van der Waals surface area contributed by atoms with E-state index in [2.05, 4.69) is 5.92 Å². The molecule has 0 saturated heterocycles. The third-order valence-electron chi connectivity index (χ3n) is 1.61. The Labute approximate surface area is 73.9 Å². The van der Waals surface area contributed by atoms with Crippen LogP contribution in [0.15, 0.2) is 0 Å². The quantitative estimate of drug-likeness (QED) is 0.596. The van der Waals surface area contributed by atoms with Crippen molar-refractivity contribution in [2.75, 3.05) is 20.1 Å². The highest BCUT2D eigenvalue weighted by atomic mass is 16.2. The van der Waals surface area contributed by atoms with Crippen molar-refractivity contribution in [3.05, 3.63) is 0 Å². The van der Waals surface area contributed by atoms with E-state index in [1.54, 1.807) is 11.9 Å². The van der Waals surface area contributed by atoms with E-state index in [-0.39, 0.29) is 5.91 Å². The van der Waals surface area contributed by atoms with Crippen LogP contribution in [0.3, 0.4) is 0 Å². The fraction of sp³-hybridized carbons (Fsp3) is 0.667. The Balaban J connectivity index is 3.55. The fourth-order valence-electron chi connectivity index (χ4n) is 0.823. The summed E-state index contributed by atoms with van der Waals surface area (Å²) in [6.45, 7) is 1.34. The van der Waals surface area contributed by atoms with Crippen LogP contribution in [0.5, 0.6) is 0 Å². The van der Waals surface area contributed by atoms with Crippen LogP contribution >= 0.6 is 0 Å². The summed E-state index contributed by atoms with van der Waals surface area (Å²) in [6.07, 6.45) is 6.84. The minimum atomic E-state index is 0.0985. The molecule has 0 aliphatic heterocycles. The van der Waals surface area contributed by atoms with Crippen LogP contribution in [0, 0.1) is 12.3 Å². The van der Waals surface area contributed by atoms with Crippen molar-refractivity contribution in [2.45, 2.75) is 19.3 Å². The van der Waals surface area contributed by atoms with Gasteiger partial charge in [-0.25, -0.2) is 0 Å². The van der Waals surface area contributed by atoms with Crippen molar-refractivity contribution in [1.82, 2.24) is 4.90 Å². The molecule has 0 aromatic heterocycles. The van der Waals surface area contributed by atoms with Gasteiger partial charge in [-0.1, -0.05) is 0 Å². The fourth-order valence-corrected chi connectivity index (χ4v) is 0.823. The standard InChI is InChI=1S/C9H16N2O/c1-3-4-6-9(12)11(2)8-5-7-10/h1H,4-8,10H2,2H3. The van der Waals surface area contributed by atoms with Crippen LogP contribution in [-0.2, 0) is 4.79 Å². The Hall–Kier alpha value is -1.01. The van der Waals surface area contributed by atoms with Crippen LogP contribution in [0.2, 0.25) is 0 Å². The lowest BCUT2D eigenvalue weighted by atomic mass is 10.3. The number of carbonyl (C=O) groups is 1. The predicted molar refractivity (Wildman–Crippen MR) is 49.4 cm³/mol. The molecule has 0 rings (SSSR count). The van der Waals surface area contributed by atoms with Crippen molar-refractivity contribution in [1.29, 1.82) is 0 Å². The molecule has 0 saturated carbocycles. The summed E-state index contributed by atoms with van der Waals surface area (Å²) in [4.78, 5) is 12.9. The maximum atomic E-state index is 11.2. The second kappa shape index (κ2) is 6.68. The number of rotatable bonds is 5. The van der Waals surface area contributed by atoms with Crippen molar-refractivity contribution >= 4 is 5.91 Å².